The van der Waals surface area contributed by atoms with Crippen molar-refractivity contribution in [2.75, 3.05) is 19.7 Å². The lowest BCUT2D eigenvalue weighted by molar-refractivity contribution is -0.138. The minimum absolute atomic E-state index is 0.0166. The van der Waals surface area contributed by atoms with Crippen LogP contribution in [0.2, 0.25) is 0 Å². The van der Waals surface area contributed by atoms with E-state index in [0.29, 0.717) is 19.5 Å². The summed E-state index contributed by atoms with van der Waals surface area (Å²) in [5, 5.41) is 11.9. The lowest BCUT2D eigenvalue weighted by Gasteiger charge is -2.22. The van der Waals surface area contributed by atoms with Gasteiger partial charge in [0.15, 0.2) is 0 Å². The quantitative estimate of drug-likeness (QED) is 0.609. The van der Waals surface area contributed by atoms with Crippen LogP contribution in [-0.4, -0.2) is 53.7 Å². The average molecular weight is 465 g/mol. The highest BCUT2D eigenvalue weighted by Gasteiger charge is 2.34. The largest absolute Gasteiger partial charge is 0.481 e. The molecule has 0 aromatic heterocycles. The van der Waals surface area contributed by atoms with Crippen LogP contribution in [0.1, 0.15) is 50.2 Å². The number of carbonyl (C=O) groups is 3. The van der Waals surface area contributed by atoms with Gasteiger partial charge in [0.1, 0.15) is 6.61 Å². The van der Waals surface area contributed by atoms with Gasteiger partial charge in [-0.05, 0) is 40.5 Å². The lowest BCUT2D eigenvalue weighted by Crippen LogP contribution is -2.40. The molecule has 1 heterocycles. The van der Waals surface area contributed by atoms with Crippen molar-refractivity contribution in [3.05, 3.63) is 59.7 Å². The molecule has 0 bridgehead atoms. The Morgan fingerprint density at radius 3 is 2.26 bits per heavy atom. The summed E-state index contributed by atoms with van der Waals surface area (Å²) in [7, 11) is 0. The van der Waals surface area contributed by atoms with Gasteiger partial charge in [0, 0.05) is 31.5 Å². The number of aliphatic carboxylic acids is 1. The van der Waals surface area contributed by atoms with Gasteiger partial charge >= 0.3 is 12.1 Å². The molecule has 0 radical (unpaired) electrons. The van der Waals surface area contributed by atoms with Crippen molar-refractivity contribution in [1.29, 1.82) is 0 Å². The van der Waals surface area contributed by atoms with Crippen LogP contribution in [0, 0.1) is 11.8 Å². The maximum atomic E-state index is 12.8. The summed E-state index contributed by atoms with van der Waals surface area (Å²) in [6, 6.07) is 16.0. The van der Waals surface area contributed by atoms with E-state index >= 15 is 0 Å². The highest BCUT2D eigenvalue weighted by atomic mass is 16.5. The first-order valence-electron chi connectivity index (χ1n) is 12.0. The summed E-state index contributed by atoms with van der Waals surface area (Å²) < 4.78 is 5.62. The standard InChI is InChI=1S/C27H32N2O5/c1-3-19(13-25(30)29-14-17(2)18(15-29)12-26(31)32)28-27(33)34-16-24-22-10-6-4-8-20(22)21-9-5-7-11-23(21)24/h4-11,17-19,24H,3,12-16H2,1-2H3,(H,28,33)(H,31,32)/t17?,18?,19-/m0/s1. The van der Waals surface area contributed by atoms with E-state index in [4.69, 9.17) is 9.84 Å². The molecule has 2 unspecified atom stereocenters. The van der Waals surface area contributed by atoms with Gasteiger partial charge in [-0.2, -0.15) is 0 Å². The number of hydrogen-bond acceptors (Lipinski definition) is 4. The van der Waals surface area contributed by atoms with E-state index in [-0.39, 0.29) is 49.2 Å². The molecule has 0 saturated carbocycles. The maximum Gasteiger partial charge on any atom is 0.407 e. The van der Waals surface area contributed by atoms with E-state index in [1.54, 1.807) is 4.90 Å². The number of fused-ring (bicyclic) bond motifs is 3. The van der Waals surface area contributed by atoms with Crippen molar-refractivity contribution < 1.29 is 24.2 Å². The Balaban J connectivity index is 1.31. The van der Waals surface area contributed by atoms with Gasteiger partial charge in [0.05, 0.1) is 6.42 Å². The summed E-state index contributed by atoms with van der Waals surface area (Å²) in [6.07, 6.45) is 0.311. The van der Waals surface area contributed by atoms with Crippen LogP contribution in [0.25, 0.3) is 11.1 Å². The van der Waals surface area contributed by atoms with Gasteiger partial charge in [0.2, 0.25) is 5.91 Å². The normalized spacial score (nSPS) is 19.9. The number of carboxylic acids is 1. The van der Waals surface area contributed by atoms with Gasteiger partial charge in [-0.25, -0.2) is 4.79 Å². The van der Waals surface area contributed by atoms with E-state index < -0.39 is 12.1 Å². The summed E-state index contributed by atoms with van der Waals surface area (Å²) in [6.45, 7) is 5.13. The maximum absolute atomic E-state index is 12.8. The molecule has 2 aromatic rings. The number of likely N-dealkylation sites (tertiary alicyclic amines) is 1. The smallest absolute Gasteiger partial charge is 0.407 e. The molecule has 2 N–H and O–H groups in total. The van der Waals surface area contributed by atoms with Crippen molar-refractivity contribution >= 4 is 18.0 Å². The summed E-state index contributed by atoms with van der Waals surface area (Å²) in [4.78, 5) is 38.2. The topological polar surface area (TPSA) is 95.9 Å². The van der Waals surface area contributed by atoms with E-state index in [0.717, 1.165) is 11.1 Å². The Morgan fingerprint density at radius 2 is 1.68 bits per heavy atom. The molecule has 2 aliphatic rings. The molecule has 3 atom stereocenters. The fraction of sp³-hybridized carbons (Fsp3) is 0.444. The zero-order valence-corrected chi connectivity index (χ0v) is 19.7. The molecule has 4 rings (SSSR count). The van der Waals surface area contributed by atoms with Crippen LogP contribution in [0.3, 0.4) is 0 Å². The third kappa shape index (κ3) is 5.08. The molecule has 2 amide bonds. The SMILES string of the molecule is CC[C@@H](CC(=O)N1CC(C)C(CC(=O)O)C1)NC(=O)OCC1c2ccccc2-c2ccccc21. The molecule has 180 valence electrons. The predicted octanol–water partition coefficient (Wildman–Crippen LogP) is 4.26. The number of hydrogen-bond donors (Lipinski definition) is 2. The molecular weight excluding hydrogens is 432 g/mol. The first kappa shape index (κ1) is 23.8. The molecule has 1 saturated heterocycles. The molecule has 34 heavy (non-hydrogen) atoms. The zero-order valence-electron chi connectivity index (χ0n) is 19.7. The van der Waals surface area contributed by atoms with Crippen molar-refractivity contribution in [3.8, 4) is 11.1 Å². The Morgan fingerprint density at radius 1 is 1.06 bits per heavy atom. The second-order valence-electron chi connectivity index (χ2n) is 9.41. The Labute approximate surface area is 200 Å². The van der Waals surface area contributed by atoms with Gasteiger partial charge in [-0.15, -0.1) is 0 Å². The summed E-state index contributed by atoms with van der Waals surface area (Å²) in [5.74, 6) is -0.802. The fourth-order valence-corrected chi connectivity index (χ4v) is 5.17. The zero-order chi connectivity index (χ0) is 24.2. The first-order valence-corrected chi connectivity index (χ1v) is 12.0. The number of rotatable bonds is 8. The third-order valence-electron chi connectivity index (χ3n) is 7.14. The summed E-state index contributed by atoms with van der Waals surface area (Å²) >= 11 is 0. The number of benzene rings is 2. The molecule has 0 spiro atoms. The number of carboxylic acid groups (broad SMARTS) is 1. The summed E-state index contributed by atoms with van der Waals surface area (Å²) in [5.41, 5.74) is 4.64. The number of alkyl carbamates (subject to hydrolysis) is 1. The average Bonchev–Trinajstić information content (AvgIpc) is 3.34. The molecular formula is C27H32N2O5. The minimum atomic E-state index is -0.838. The highest BCUT2D eigenvalue weighted by Crippen LogP contribution is 2.44. The molecule has 1 aliphatic carbocycles. The second kappa shape index (κ2) is 10.3. The molecule has 1 fully saturated rings. The van der Waals surface area contributed by atoms with Gasteiger partial charge in [-0.1, -0.05) is 62.4 Å². The number of nitrogens with one attached hydrogen (secondary N) is 1. The predicted molar refractivity (Wildman–Crippen MR) is 128 cm³/mol. The van der Waals surface area contributed by atoms with Gasteiger partial charge in [-0.3, -0.25) is 9.59 Å². The number of ether oxygens (including phenoxy) is 1. The van der Waals surface area contributed by atoms with Crippen molar-refractivity contribution in [3.63, 3.8) is 0 Å². The first-order chi connectivity index (χ1) is 16.4. The molecule has 2 aromatic carbocycles. The van der Waals surface area contributed by atoms with Crippen molar-refractivity contribution in [1.82, 2.24) is 10.2 Å². The number of amides is 2. The molecule has 1 aliphatic heterocycles. The van der Waals surface area contributed by atoms with Crippen molar-refractivity contribution in [2.24, 2.45) is 11.8 Å². The van der Waals surface area contributed by atoms with Crippen molar-refractivity contribution in [2.45, 2.75) is 45.1 Å². The van der Waals surface area contributed by atoms with Crippen LogP contribution in [0.4, 0.5) is 4.79 Å². The van der Waals surface area contributed by atoms with Crippen LogP contribution >= 0.6 is 0 Å². The minimum Gasteiger partial charge on any atom is -0.481 e. The monoisotopic (exact) mass is 464 g/mol. The van der Waals surface area contributed by atoms with E-state index in [1.165, 1.54) is 11.1 Å². The van der Waals surface area contributed by atoms with Crippen LogP contribution in [0.15, 0.2) is 48.5 Å². The van der Waals surface area contributed by atoms with Crippen LogP contribution in [-0.2, 0) is 14.3 Å². The van der Waals surface area contributed by atoms with E-state index in [1.807, 2.05) is 38.1 Å². The Kier molecular flexibility index (Phi) is 7.20. The second-order valence-corrected chi connectivity index (χ2v) is 9.41. The number of carbonyl (C=O) groups excluding carboxylic acids is 2. The van der Waals surface area contributed by atoms with Gasteiger partial charge < -0.3 is 20.1 Å². The molecule has 7 nitrogen and oxygen atoms in total. The van der Waals surface area contributed by atoms with E-state index in [9.17, 15) is 14.4 Å². The molecule has 7 heteroatoms. The van der Waals surface area contributed by atoms with Gasteiger partial charge in [0.25, 0.3) is 0 Å². The fourth-order valence-electron chi connectivity index (χ4n) is 5.17. The van der Waals surface area contributed by atoms with E-state index in [2.05, 4.69) is 29.6 Å². The Hall–Kier alpha value is -3.35. The highest BCUT2D eigenvalue weighted by molar-refractivity contribution is 5.80. The van der Waals surface area contributed by atoms with Crippen LogP contribution in [0.5, 0.6) is 0 Å². The Bertz CT molecular complexity index is 1020. The number of nitrogens with zero attached hydrogens (tertiary/aromatic N) is 1. The third-order valence-corrected chi connectivity index (χ3v) is 7.14. The van der Waals surface area contributed by atoms with Crippen LogP contribution < -0.4 is 5.32 Å². The lowest BCUT2D eigenvalue weighted by atomic mass is 9.95.